The van der Waals surface area contributed by atoms with Crippen molar-refractivity contribution >= 4 is 16.7 Å². The topological polar surface area (TPSA) is 38.8 Å². The lowest BCUT2D eigenvalue weighted by Crippen LogP contribution is -2.36. The van der Waals surface area contributed by atoms with Crippen LogP contribution in [0.2, 0.25) is 0 Å². The van der Waals surface area contributed by atoms with Gasteiger partial charge in [0.05, 0.1) is 18.6 Å². The summed E-state index contributed by atoms with van der Waals surface area (Å²) in [5, 5.41) is 2.61. The van der Waals surface area contributed by atoms with Crippen LogP contribution in [0.15, 0.2) is 30.3 Å². The first-order chi connectivity index (χ1) is 16.8. The zero-order valence-corrected chi connectivity index (χ0v) is 22.6. The van der Waals surface area contributed by atoms with Crippen molar-refractivity contribution in [3.05, 3.63) is 41.5 Å². The summed E-state index contributed by atoms with van der Waals surface area (Å²) in [4.78, 5) is 14.7. The number of carbonyl (C=O) groups excluding carboxylic acids is 1. The molecule has 2 aliphatic rings. The quantitative estimate of drug-likeness (QED) is 0.372. The van der Waals surface area contributed by atoms with E-state index in [0.717, 1.165) is 57.0 Å². The van der Waals surface area contributed by atoms with Gasteiger partial charge in [0.25, 0.3) is 0 Å². The minimum absolute atomic E-state index is 0.0289. The van der Waals surface area contributed by atoms with Gasteiger partial charge in [0.2, 0.25) is 0 Å². The second-order valence-electron chi connectivity index (χ2n) is 11.5. The van der Waals surface area contributed by atoms with Gasteiger partial charge in [-0.3, -0.25) is 9.69 Å². The molecule has 2 fully saturated rings. The molecular formula is C31H45NO3. The van der Waals surface area contributed by atoms with Gasteiger partial charge in [-0.05, 0) is 99.2 Å². The first kappa shape index (κ1) is 26.0. The number of fused-ring (bicyclic) bond motifs is 1. The molecule has 4 rings (SSSR count). The molecule has 2 aromatic carbocycles. The van der Waals surface area contributed by atoms with Crippen molar-refractivity contribution in [1.29, 1.82) is 0 Å². The summed E-state index contributed by atoms with van der Waals surface area (Å²) in [6, 6.07) is 11.0. The lowest BCUT2D eigenvalue weighted by atomic mass is 9.69. The molecule has 0 N–H and O–H groups in total. The Morgan fingerprint density at radius 3 is 2.29 bits per heavy atom. The molecule has 0 radical (unpaired) electrons. The number of esters is 1. The molecule has 0 aromatic heterocycles. The third-order valence-electron chi connectivity index (χ3n) is 8.90. The Balaban J connectivity index is 1.50. The molecule has 0 unspecified atom stereocenters. The summed E-state index contributed by atoms with van der Waals surface area (Å²) in [6.45, 7) is 14.4. The highest BCUT2D eigenvalue weighted by atomic mass is 16.5. The summed E-state index contributed by atoms with van der Waals surface area (Å²) in [6.07, 6.45) is 8.08. The lowest BCUT2D eigenvalue weighted by molar-refractivity contribution is -0.149. The Morgan fingerprint density at radius 1 is 1.00 bits per heavy atom. The van der Waals surface area contributed by atoms with Gasteiger partial charge in [0, 0.05) is 12.1 Å². The van der Waals surface area contributed by atoms with Gasteiger partial charge in [-0.2, -0.15) is 0 Å². The predicted octanol–water partition coefficient (Wildman–Crippen LogP) is 7.30. The van der Waals surface area contributed by atoms with E-state index in [1.54, 1.807) is 0 Å². The monoisotopic (exact) mass is 479 g/mol. The van der Waals surface area contributed by atoms with Crippen molar-refractivity contribution < 1.29 is 14.3 Å². The van der Waals surface area contributed by atoms with E-state index < -0.39 is 0 Å². The van der Waals surface area contributed by atoms with Crippen LogP contribution in [0.5, 0.6) is 5.75 Å². The average molecular weight is 480 g/mol. The van der Waals surface area contributed by atoms with Crippen LogP contribution in [0.3, 0.4) is 0 Å². The summed E-state index contributed by atoms with van der Waals surface area (Å²) in [5.41, 5.74) is 3.00. The minimum Gasteiger partial charge on any atom is -0.490 e. The van der Waals surface area contributed by atoms with Gasteiger partial charge in [-0.1, -0.05) is 51.5 Å². The van der Waals surface area contributed by atoms with Crippen LogP contribution in [0.25, 0.3) is 10.8 Å². The van der Waals surface area contributed by atoms with E-state index >= 15 is 0 Å². The number of carbonyl (C=O) groups is 1. The van der Waals surface area contributed by atoms with Crippen LogP contribution < -0.4 is 4.74 Å². The Morgan fingerprint density at radius 2 is 1.66 bits per heavy atom. The maximum Gasteiger partial charge on any atom is 0.309 e. The summed E-state index contributed by atoms with van der Waals surface area (Å²) in [7, 11) is 0. The maximum atomic E-state index is 12.2. The molecule has 1 saturated carbocycles. The molecule has 1 aliphatic heterocycles. The number of hydrogen-bond donors (Lipinski definition) is 0. The van der Waals surface area contributed by atoms with E-state index in [2.05, 4.69) is 62.9 Å². The molecule has 35 heavy (non-hydrogen) atoms. The maximum absolute atomic E-state index is 12.2. The zero-order valence-electron chi connectivity index (χ0n) is 22.6. The number of ether oxygens (including phenoxy) is 2. The van der Waals surface area contributed by atoms with Crippen molar-refractivity contribution in [2.24, 2.45) is 17.3 Å². The first-order valence-corrected chi connectivity index (χ1v) is 13.9. The second-order valence-corrected chi connectivity index (χ2v) is 11.5. The van der Waals surface area contributed by atoms with E-state index in [0.29, 0.717) is 18.1 Å². The summed E-state index contributed by atoms with van der Waals surface area (Å²) in [5.74, 6) is 1.87. The highest BCUT2D eigenvalue weighted by Crippen LogP contribution is 2.42. The van der Waals surface area contributed by atoms with Gasteiger partial charge in [0.15, 0.2) is 0 Å². The fourth-order valence-electron chi connectivity index (χ4n) is 6.09. The number of hydrogen-bond acceptors (Lipinski definition) is 4. The van der Waals surface area contributed by atoms with E-state index in [-0.39, 0.29) is 11.9 Å². The van der Waals surface area contributed by atoms with Gasteiger partial charge in [-0.25, -0.2) is 0 Å². The molecule has 1 saturated heterocycles. The van der Waals surface area contributed by atoms with Crippen LogP contribution in [0.1, 0.15) is 83.8 Å². The first-order valence-electron chi connectivity index (χ1n) is 13.9. The summed E-state index contributed by atoms with van der Waals surface area (Å²) >= 11 is 0. The molecule has 0 atom stereocenters. The van der Waals surface area contributed by atoms with Crippen LogP contribution in [0, 0.1) is 24.2 Å². The third-order valence-corrected chi connectivity index (χ3v) is 8.90. The number of piperidine rings is 1. The van der Waals surface area contributed by atoms with E-state index in [9.17, 15) is 4.79 Å². The van der Waals surface area contributed by atoms with Crippen molar-refractivity contribution in [3.63, 3.8) is 0 Å². The van der Waals surface area contributed by atoms with Gasteiger partial charge < -0.3 is 9.47 Å². The molecule has 4 nitrogen and oxygen atoms in total. The predicted molar refractivity (Wildman–Crippen MR) is 144 cm³/mol. The number of likely N-dealkylation sites (tertiary alicyclic amines) is 1. The Labute approximate surface area is 212 Å². The molecule has 1 aliphatic carbocycles. The SMILES string of the molecule is CCOC(=O)C1CCN(Cc2c(OC3CCC(C(C)(C)CC)CC3)cc(C)c3ccccc23)CC1. The van der Waals surface area contributed by atoms with Gasteiger partial charge in [0.1, 0.15) is 5.75 Å². The van der Waals surface area contributed by atoms with E-state index in [1.165, 1.54) is 41.2 Å². The van der Waals surface area contributed by atoms with Crippen molar-refractivity contribution in [2.45, 2.75) is 92.2 Å². The molecule has 2 aromatic rings. The van der Waals surface area contributed by atoms with Crippen molar-refractivity contribution in [1.82, 2.24) is 4.90 Å². The summed E-state index contributed by atoms with van der Waals surface area (Å²) < 4.78 is 12.1. The number of benzene rings is 2. The molecule has 0 amide bonds. The fourth-order valence-corrected chi connectivity index (χ4v) is 6.09. The molecule has 4 heteroatoms. The second kappa shape index (κ2) is 11.3. The Hall–Kier alpha value is -2.07. The largest absolute Gasteiger partial charge is 0.490 e. The van der Waals surface area contributed by atoms with Crippen LogP contribution >= 0.6 is 0 Å². The smallest absolute Gasteiger partial charge is 0.309 e. The molecule has 1 heterocycles. The molecule has 192 valence electrons. The number of nitrogens with zero attached hydrogens (tertiary/aromatic N) is 1. The normalized spacial score (nSPS) is 22.3. The van der Waals surface area contributed by atoms with E-state index in [1.807, 2.05) is 6.92 Å². The van der Waals surface area contributed by atoms with Crippen LogP contribution in [-0.4, -0.2) is 36.7 Å². The Kier molecular flexibility index (Phi) is 8.42. The van der Waals surface area contributed by atoms with Gasteiger partial charge in [-0.15, -0.1) is 0 Å². The fraction of sp³-hybridized carbons (Fsp3) is 0.645. The number of rotatable bonds is 8. The molecule has 0 bridgehead atoms. The number of aryl methyl sites for hydroxylation is 1. The standard InChI is InChI=1S/C31H45NO3/c1-6-31(4,5)24-12-14-25(15-13-24)35-29-20-22(3)26-10-8-9-11-27(26)28(29)21-32-18-16-23(17-19-32)30(33)34-7-2/h8-11,20,23-25H,6-7,12-19,21H2,1-5H3. The van der Waals surface area contributed by atoms with E-state index in [4.69, 9.17) is 9.47 Å². The lowest BCUT2D eigenvalue weighted by Gasteiger charge is -2.39. The highest BCUT2D eigenvalue weighted by molar-refractivity contribution is 5.90. The van der Waals surface area contributed by atoms with Crippen LogP contribution in [-0.2, 0) is 16.1 Å². The highest BCUT2D eigenvalue weighted by Gasteiger charge is 2.33. The molecular weight excluding hydrogens is 434 g/mol. The van der Waals surface area contributed by atoms with Crippen LogP contribution in [0.4, 0.5) is 0 Å². The van der Waals surface area contributed by atoms with Crippen molar-refractivity contribution in [3.8, 4) is 5.75 Å². The van der Waals surface area contributed by atoms with Gasteiger partial charge >= 0.3 is 5.97 Å². The molecule has 0 spiro atoms. The average Bonchev–Trinajstić information content (AvgIpc) is 2.87. The third kappa shape index (κ3) is 6.02. The Bertz CT molecular complexity index is 998. The minimum atomic E-state index is -0.0289. The zero-order chi connectivity index (χ0) is 25.0. The van der Waals surface area contributed by atoms with Crippen molar-refractivity contribution in [2.75, 3.05) is 19.7 Å².